The average Bonchev–Trinajstić information content (AvgIpc) is 2.61. The van der Waals surface area contributed by atoms with Crippen LogP contribution in [0.25, 0.3) is 11.0 Å². The van der Waals surface area contributed by atoms with Crippen molar-refractivity contribution in [1.82, 2.24) is 0 Å². The lowest BCUT2D eigenvalue weighted by molar-refractivity contribution is 0.616. The Balaban J connectivity index is 2.26. The average molecular weight is 192 g/mol. The first-order valence-corrected chi connectivity index (χ1v) is 5.74. The number of thioether (sulfide) groups is 1. The fourth-order valence-corrected chi connectivity index (χ4v) is 1.83. The smallest absolute Gasteiger partial charge is 0.133 e. The van der Waals surface area contributed by atoms with Gasteiger partial charge in [0.1, 0.15) is 5.58 Å². The molecule has 0 saturated heterocycles. The summed E-state index contributed by atoms with van der Waals surface area (Å²) in [4.78, 5) is 0. The summed E-state index contributed by atoms with van der Waals surface area (Å²) in [7, 11) is 0. The Kier molecular flexibility index (Phi) is 2.60. The third kappa shape index (κ3) is 1.89. The van der Waals surface area contributed by atoms with Crippen LogP contribution in [0.5, 0.6) is 0 Å². The van der Waals surface area contributed by atoms with E-state index in [9.17, 15) is 0 Å². The van der Waals surface area contributed by atoms with Crippen LogP contribution in [-0.2, 0) is 6.42 Å². The molecular weight excluding hydrogens is 180 g/mol. The molecule has 0 aliphatic heterocycles. The number of benzene rings is 1. The van der Waals surface area contributed by atoms with Crippen molar-refractivity contribution in [2.75, 3.05) is 12.0 Å². The summed E-state index contributed by atoms with van der Waals surface area (Å²) in [6.45, 7) is 0. The van der Waals surface area contributed by atoms with E-state index in [1.54, 1.807) is 6.26 Å². The monoisotopic (exact) mass is 192 g/mol. The summed E-state index contributed by atoms with van der Waals surface area (Å²) in [6.07, 6.45) is 5.02. The molecule has 0 aliphatic rings. The zero-order valence-electron chi connectivity index (χ0n) is 7.62. The molecule has 13 heavy (non-hydrogen) atoms. The molecule has 0 saturated carbocycles. The van der Waals surface area contributed by atoms with Gasteiger partial charge in [-0.3, -0.25) is 0 Å². The maximum atomic E-state index is 5.27. The second-order valence-corrected chi connectivity index (χ2v) is 4.02. The SMILES string of the molecule is CSCCc1ccc2occc2c1. The van der Waals surface area contributed by atoms with E-state index < -0.39 is 0 Å². The molecule has 0 amide bonds. The van der Waals surface area contributed by atoms with Gasteiger partial charge in [0.05, 0.1) is 6.26 Å². The van der Waals surface area contributed by atoms with E-state index in [1.165, 1.54) is 16.7 Å². The number of aryl methyl sites for hydroxylation is 1. The van der Waals surface area contributed by atoms with E-state index in [1.807, 2.05) is 23.9 Å². The second-order valence-electron chi connectivity index (χ2n) is 3.04. The molecule has 1 nitrogen and oxygen atoms in total. The van der Waals surface area contributed by atoms with Crippen molar-refractivity contribution in [2.24, 2.45) is 0 Å². The van der Waals surface area contributed by atoms with E-state index in [0.717, 1.165) is 12.0 Å². The molecule has 1 aromatic heterocycles. The van der Waals surface area contributed by atoms with Crippen LogP contribution in [0.3, 0.4) is 0 Å². The maximum Gasteiger partial charge on any atom is 0.133 e. The highest BCUT2D eigenvalue weighted by Gasteiger charge is 1.97. The highest BCUT2D eigenvalue weighted by atomic mass is 32.2. The molecule has 0 fully saturated rings. The third-order valence-electron chi connectivity index (χ3n) is 2.11. The van der Waals surface area contributed by atoms with E-state index in [0.29, 0.717) is 0 Å². The molecule has 2 aromatic rings. The summed E-state index contributed by atoms with van der Waals surface area (Å²) in [5.74, 6) is 1.18. The zero-order valence-corrected chi connectivity index (χ0v) is 8.43. The van der Waals surface area contributed by atoms with E-state index in [4.69, 9.17) is 4.42 Å². The van der Waals surface area contributed by atoms with Gasteiger partial charge in [0.2, 0.25) is 0 Å². The first kappa shape index (κ1) is 8.70. The fourth-order valence-electron chi connectivity index (χ4n) is 1.39. The van der Waals surface area contributed by atoms with Gasteiger partial charge >= 0.3 is 0 Å². The highest BCUT2D eigenvalue weighted by Crippen LogP contribution is 2.17. The minimum atomic E-state index is 0.980. The maximum absolute atomic E-state index is 5.27. The van der Waals surface area contributed by atoms with Crippen LogP contribution >= 0.6 is 11.8 Å². The van der Waals surface area contributed by atoms with E-state index in [-0.39, 0.29) is 0 Å². The van der Waals surface area contributed by atoms with Crippen LogP contribution in [0, 0.1) is 0 Å². The molecule has 2 heteroatoms. The number of fused-ring (bicyclic) bond motifs is 1. The molecule has 1 heterocycles. The number of rotatable bonds is 3. The van der Waals surface area contributed by atoms with Gasteiger partial charge in [-0.25, -0.2) is 0 Å². The second kappa shape index (κ2) is 3.88. The molecular formula is C11H12OS. The van der Waals surface area contributed by atoms with Crippen LogP contribution < -0.4 is 0 Å². The molecule has 0 bridgehead atoms. The Hall–Kier alpha value is -0.890. The van der Waals surface area contributed by atoms with Crippen LogP contribution in [0.1, 0.15) is 5.56 Å². The van der Waals surface area contributed by atoms with Crippen LogP contribution in [0.2, 0.25) is 0 Å². The Labute approximate surface area is 82.1 Å². The molecule has 1 aromatic carbocycles. The largest absolute Gasteiger partial charge is 0.464 e. The van der Waals surface area contributed by atoms with Gasteiger partial charge < -0.3 is 4.42 Å². The Morgan fingerprint density at radius 3 is 3.08 bits per heavy atom. The predicted molar refractivity (Wildman–Crippen MR) is 58.3 cm³/mol. The summed E-state index contributed by atoms with van der Waals surface area (Å²) < 4.78 is 5.27. The van der Waals surface area contributed by atoms with Crippen molar-refractivity contribution in [3.8, 4) is 0 Å². The molecule has 0 spiro atoms. The Morgan fingerprint density at radius 2 is 2.23 bits per heavy atom. The van der Waals surface area contributed by atoms with Crippen LogP contribution in [0.15, 0.2) is 34.9 Å². The van der Waals surface area contributed by atoms with Gasteiger partial charge in [0.25, 0.3) is 0 Å². The molecule has 0 unspecified atom stereocenters. The summed E-state index contributed by atoms with van der Waals surface area (Å²) >= 11 is 1.88. The van der Waals surface area contributed by atoms with Crippen molar-refractivity contribution in [2.45, 2.75) is 6.42 Å². The van der Waals surface area contributed by atoms with Gasteiger partial charge in [0.15, 0.2) is 0 Å². The first-order valence-electron chi connectivity index (χ1n) is 4.35. The van der Waals surface area contributed by atoms with Gasteiger partial charge in [-0.15, -0.1) is 0 Å². The lowest BCUT2D eigenvalue weighted by Gasteiger charge is -1.98. The van der Waals surface area contributed by atoms with Gasteiger partial charge in [-0.05, 0) is 42.2 Å². The number of hydrogen-bond acceptors (Lipinski definition) is 2. The van der Waals surface area contributed by atoms with Crippen molar-refractivity contribution in [3.63, 3.8) is 0 Å². The highest BCUT2D eigenvalue weighted by molar-refractivity contribution is 7.98. The van der Waals surface area contributed by atoms with Gasteiger partial charge in [0, 0.05) is 5.39 Å². The predicted octanol–water partition coefficient (Wildman–Crippen LogP) is 3.34. The molecule has 2 rings (SSSR count). The summed E-state index contributed by atoms with van der Waals surface area (Å²) in [6, 6.07) is 8.40. The fraction of sp³-hybridized carbons (Fsp3) is 0.273. The minimum absolute atomic E-state index is 0.980. The lowest BCUT2D eigenvalue weighted by atomic mass is 10.1. The molecule has 0 atom stereocenters. The van der Waals surface area contributed by atoms with E-state index >= 15 is 0 Å². The summed E-state index contributed by atoms with van der Waals surface area (Å²) in [5, 5.41) is 1.21. The molecule has 0 aliphatic carbocycles. The zero-order chi connectivity index (χ0) is 9.10. The van der Waals surface area contributed by atoms with Gasteiger partial charge in [-0.2, -0.15) is 11.8 Å². The topological polar surface area (TPSA) is 13.1 Å². The standard InChI is InChI=1S/C11H12OS/c1-13-7-5-9-2-3-11-10(8-9)4-6-12-11/h2-4,6,8H,5,7H2,1H3. The van der Waals surface area contributed by atoms with Crippen LogP contribution in [0.4, 0.5) is 0 Å². The molecule has 68 valence electrons. The number of furan rings is 1. The van der Waals surface area contributed by atoms with Crippen molar-refractivity contribution in [3.05, 3.63) is 36.1 Å². The van der Waals surface area contributed by atoms with E-state index in [2.05, 4.69) is 18.4 Å². The quantitative estimate of drug-likeness (QED) is 0.740. The van der Waals surface area contributed by atoms with Crippen molar-refractivity contribution in [1.29, 1.82) is 0 Å². The summed E-state index contributed by atoms with van der Waals surface area (Å²) in [5.41, 5.74) is 2.37. The first-order chi connectivity index (χ1) is 6.40. The van der Waals surface area contributed by atoms with Crippen LogP contribution in [-0.4, -0.2) is 12.0 Å². The number of hydrogen-bond donors (Lipinski definition) is 0. The molecule has 0 N–H and O–H groups in total. The van der Waals surface area contributed by atoms with Crippen molar-refractivity contribution < 1.29 is 4.42 Å². The van der Waals surface area contributed by atoms with Crippen molar-refractivity contribution >= 4 is 22.7 Å². The normalized spacial score (nSPS) is 10.8. The lowest BCUT2D eigenvalue weighted by Crippen LogP contribution is -1.86. The Bertz CT molecular complexity index is 392. The molecule has 0 radical (unpaired) electrons. The third-order valence-corrected chi connectivity index (χ3v) is 2.72. The van der Waals surface area contributed by atoms with Gasteiger partial charge in [-0.1, -0.05) is 6.07 Å². The Morgan fingerprint density at radius 1 is 1.31 bits per heavy atom. The minimum Gasteiger partial charge on any atom is -0.464 e.